The number of hydrogen-bond donors (Lipinski definition) is 3. The molecule has 8 heteroatoms. The third-order valence-electron chi connectivity index (χ3n) is 4.50. The predicted molar refractivity (Wildman–Crippen MR) is 102 cm³/mol. The van der Waals surface area contributed by atoms with E-state index in [0.29, 0.717) is 12.0 Å². The highest BCUT2D eigenvalue weighted by atomic mass is 19.4. The number of aliphatic hydroxyl groups excluding tert-OH is 1. The van der Waals surface area contributed by atoms with Gasteiger partial charge in [0.2, 0.25) is 0 Å². The van der Waals surface area contributed by atoms with Crippen LogP contribution in [0, 0.1) is 0 Å². The first-order chi connectivity index (χ1) is 13.4. The number of alkyl halides is 3. The summed E-state index contributed by atoms with van der Waals surface area (Å²) in [6.07, 6.45) is -4.92. The second-order valence-corrected chi connectivity index (χ2v) is 7.55. The summed E-state index contributed by atoms with van der Waals surface area (Å²) in [6.45, 7) is 2.00. The minimum absolute atomic E-state index is 0.0536. The predicted octanol–water partition coefficient (Wildman–Crippen LogP) is 3.57. The Hall–Kier alpha value is -2.26. The maximum Gasteiger partial charge on any atom is 0.416 e. The Labute approximate surface area is 167 Å². The van der Waals surface area contributed by atoms with Gasteiger partial charge in [0.15, 0.2) is 0 Å². The minimum atomic E-state index is -4.45. The molecule has 158 valence electrons. The summed E-state index contributed by atoms with van der Waals surface area (Å²) in [5.74, 6) is -0.424. The summed E-state index contributed by atoms with van der Waals surface area (Å²) < 4.78 is 37.6. The number of amides is 1. The van der Waals surface area contributed by atoms with Gasteiger partial charge in [-0.1, -0.05) is 24.3 Å². The van der Waals surface area contributed by atoms with E-state index in [0.717, 1.165) is 17.7 Å². The second kappa shape index (κ2) is 9.04. The molecule has 0 saturated carbocycles. The summed E-state index contributed by atoms with van der Waals surface area (Å²) in [7, 11) is 2.75. The number of hydroxylamine groups is 3. The number of quaternary nitrogens is 1. The summed E-state index contributed by atoms with van der Waals surface area (Å²) in [5, 5.41) is 23.0. The van der Waals surface area contributed by atoms with E-state index in [4.69, 9.17) is 0 Å². The van der Waals surface area contributed by atoms with Gasteiger partial charge in [0.05, 0.1) is 17.2 Å². The van der Waals surface area contributed by atoms with Crippen LogP contribution in [-0.4, -0.2) is 47.5 Å². The maximum atomic E-state index is 12.8. The van der Waals surface area contributed by atoms with Crippen molar-refractivity contribution in [3.63, 3.8) is 0 Å². The number of rotatable bonds is 7. The number of carbonyl (C=O) groups is 1. The standard InChI is InChI=1S/C21H26F3N2O3/c1-14(11-15-7-9-16(10-8-15)20(28)26(2,3)29)25-13-19(27)17-5-4-6-18(12-17)21(22,23)24/h4-10,12,14,19,25,27,29H,11,13H2,1-3H3/q+1. The highest BCUT2D eigenvalue weighted by molar-refractivity contribution is 5.88. The molecule has 2 aromatic carbocycles. The average molecular weight is 411 g/mol. The molecule has 0 aliphatic rings. The number of nitrogens with zero attached hydrogens (tertiary/aromatic N) is 1. The molecule has 0 aromatic heterocycles. The topological polar surface area (TPSA) is 69.6 Å². The summed E-state index contributed by atoms with van der Waals surface area (Å²) in [4.78, 5) is 12.0. The molecule has 0 aliphatic carbocycles. The van der Waals surface area contributed by atoms with Gasteiger partial charge in [-0.2, -0.15) is 13.2 Å². The first-order valence-electron chi connectivity index (χ1n) is 9.17. The fraction of sp³-hybridized carbons (Fsp3) is 0.381. The molecule has 0 saturated heterocycles. The van der Waals surface area contributed by atoms with E-state index in [1.807, 2.05) is 6.92 Å². The third-order valence-corrected chi connectivity index (χ3v) is 4.50. The van der Waals surface area contributed by atoms with Crippen LogP contribution in [0.25, 0.3) is 0 Å². The molecule has 3 N–H and O–H groups in total. The number of carbonyl (C=O) groups excluding carboxylic acids is 1. The van der Waals surface area contributed by atoms with Crippen molar-refractivity contribution in [2.45, 2.75) is 31.7 Å². The van der Waals surface area contributed by atoms with E-state index in [1.165, 1.54) is 26.2 Å². The number of nitrogens with one attached hydrogen (secondary N) is 1. The van der Waals surface area contributed by atoms with Crippen LogP contribution in [0.3, 0.4) is 0 Å². The molecule has 0 fully saturated rings. The van der Waals surface area contributed by atoms with Gasteiger partial charge in [-0.3, -0.25) is 0 Å². The largest absolute Gasteiger partial charge is 0.416 e. The zero-order valence-corrected chi connectivity index (χ0v) is 16.6. The van der Waals surface area contributed by atoms with Crippen LogP contribution in [0.5, 0.6) is 0 Å². The molecule has 0 spiro atoms. The summed E-state index contributed by atoms with van der Waals surface area (Å²) in [5.41, 5.74) is 0.744. The molecule has 0 radical (unpaired) electrons. The van der Waals surface area contributed by atoms with Crippen molar-refractivity contribution < 1.29 is 32.9 Å². The molecular formula is C21H26F3N2O3+. The SMILES string of the molecule is CC(Cc1ccc(C(=O)[N+](C)(C)O)cc1)NCC(O)c1cccc(C(F)(F)F)c1. The zero-order valence-electron chi connectivity index (χ0n) is 16.6. The van der Waals surface area contributed by atoms with E-state index in [9.17, 15) is 28.3 Å². The minimum Gasteiger partial charge on any atom is -0.387 e. The highest BCUT2D eigenvalue weighted by Crippen LogP contribution is 2.30. The zero-order chi connectivity index (χ0) is 21.8. The smallest absolute Gasteiger partial charge is 0.387 e. The van der Waals surface area contributed by atoms with E-state index >= 15 is 0 Å². The Balaban J connectivity index is 1.91. The average Bonchev–Trinajstić information content (AvgIpc) is 2.65. The second-order valence-electron chi connectivity index (χ2n) is 7.55. The van der Waals surface area contributed by atoms with Gasteiger partial charge >= 0.3 is 12.1 Å². The van der Waals surface area contributed by atoms with Crippen LogP contribution >= 0.6 is 0 Å². The Morgan fingerprint density at radius 2 is 1.76 bits per heavy atom. The summed E-state index contributed by atoms with van der Waals surface area (Å²) >= 11 is 0. The Morgan fingerprint density at radius 3 is 2.31 bits per heavy atom. The quantitative estimate of drug-likeness (QED) is 0.370. The molecule has 0 heterocycles. The molecule has 2 unspecified atom stereocenters. The lowest BCUT2D eigenvalue weighted by molar-refractivity contribution is -1.00. The fourth-order valence-corrected chi connectivity index (χ4v) is 2.88. The van der Waals surface area contributed by atoms with Crippen LogP contribution in [0.1, 0.15) is 40.1 Å². The normalized spacial score (nSPS) is 14.5. The van der Waals surface area contributed by atoms with E-state index in [2.05, 4.69) is 5.32 Å². The van der Waals surface area contributed by atoms with Crippen molar-refractivity contribution in [3.05, 3.63) is 70.8 Å². The molecule has 2 rings (SSSR count). The van der Waals surface area contributed by atoms with Gasteiger partial charge in [0.25, 0.3) is 0 Å². The van der Waals surface area contributed by atoms with Gasteiger partial charge in [0.1, 0.15) is 14.1 Å². The van der Waals surface area contributed by atoms with Crippen molar-refractivity contribution in [1.29, 1.82) is 0 Å². The van der Waals surface area contributed by atoms with Gasteiger partial charge in [-0.25, -0.2) is 10.0 Å². The first kappa shape index (κ1) is 23.0. The first-order valence-corrected chi connectivity index (χ1v) is 9.17. The Kier molecular flexibility index (Phi) is 7.18. The van der Waals surface area contributed by atoms with Gasteiger partial charge in [-0.05, 0) is 48.7 Å². The Bertz CT molecular complexity index is 830. The molecule has 2 atom stereocenters. The molecule has 1 amide bonds. The van der Waals surface area contributed by atoms with Crippen molar-refractivity contribution >= 4 is 5.91 Å². The molecule has 2 aromatic rings. The van der Waals surface area contributed by atoms with Gasteiger partial charge in [0, 0.05) is 12.6 Å². The Morgan fingerprint density at radius 1 is 1.14 bits per heavy atom. The third kappa shape index (κ3) is 6.64. The van der Waals surface area contributed by atoms with Crippen molar-refractivity contribution in [2.24, 2.45) is 0 Å². The monoisotopic (exact) mass is 411 g/mol. The lowest BCUT2D eigenvalue weighted by atomic mass is 10.0. The molecule has 5 nitrogen and oxygen atoms in total. The number of halogens is 3. The maximum absolute atomic E-state index is 12.8. The number of aliphatic hydroxyl groups is 1. The summed E-state index contributed by atoms with van der Waals surface area (Å²) in [6, 6.07) is 11.4. The van der Waals surface area contributed by atoms with Crippen LogP contribution in [0.15, 0.2) is 48.5 Å². The van der Waals surface area contributed by atoms with E-state index in [1.54, 1.807) is 24.3 Å². The van der Waals surface area contributed by atoms with Crippen LogP contribution in [0.2, 0.25) is 0 Å². The fourth-order valence-electron chi connectivity index (χ4n) is 2.88. The van der Waals surface area contributed by atoms with E-state index in [-0.39, 0.29) is 18.2 Å². The number of benzene rings is 2. The van der Waals surface area contributed by atoms with Crippen molar-refractivity contribution in [1.82, 2.24) is 5.32 Å². The van der Waals surface area contributed by atoms with Crippen molar-refractivity contribution in [3.8, 4) is 0 Å². The molecular weight excluding hydrogens is 385 g/mol. The molecule has 0 bridgehead atoms. The number of hydrogen-bond acceptors (Lipinski definition) is 4. The highest BCUT2D eigenvalue weighted by Gasteiger charge is 2.31. The van der Waals surface area contributed by atoms with Gasteiger partial charge < -0.3 is 10.4 Å². The molecule has 29 heavy (non-hydrogen) atoms. The lowest BCUT2D eigenvalue weighted by Crippen LogP contribution is -2.41. The lowest BCUT2D eigenvalue weighted by Gasteiger charge is -2.19. The van der Waals surface area contributed by atoms with Crippen molar-refractivity contribution in [2.75, 3.05) is 20.6 Å². The van der Waals surface area contributed by atoms with E-state index < -0.39 is 28.4 Å². The van der Waals surface area contributed by atoms with Crippen LogP contribution in [-0.2, 0) is 12.6 Å². The molecule has 0 aliphatic heterocycles. The van der Waals surface area contributed by atoms with Gasteiger partial charge in [-0.15, -0.1) is 4.65 Å². The van der Waals surface area contributed by atoms with Crippen LogP contribution < -0.4 is 5.32 Å². The van der Waals surface area contributed by atoms with Crippen LogP contribution in [0.4, 0.5) is 13.2 Å².